The lowest BCUT2D eigenvalue weighted by molar-refractivity contribution is -0.385. The fraction of sp³-hybridized carbons (Fsp3) is 0.133. The van der Waals surface area contributed by atoms with E-state index in [1.54, 1.807) is 6.07 Å². The van der Waals surface area contributed by atoms with E-state index in [-0.39, 0.29) is 24.7 Å². The molecule has 0 aliphatic rings. The number of hydrogen-bond donors (Lipinski definition) is 0. The Balaban J connectivity index is 1.86. The van der Waals surface area contributed by atoms with Crippen molar-refractivity contribution in [3.63, 3.8) is 0 Å². The standard InChI is InChI=1S/C15H13NO5/c17-15(21-10-12-6-2-1-3-7-12)11-20-14-9-5-4-8-13(14)16(18)19/h1-9H,10-11H2. The zero-order valence-electron chi connectivity index (χ0n) is 11.1. The predicted molar refractivity (Wildman–Crippen MR) is 74.8 cm³/mol. The number of carbonyl (C=O) groups excluding carboxylic acids is 1. The molecule has 0 heterocycles. The molecule has 0 amide bonds. The molecule has 0 spiro atoms. The summed E-state index contributed by atoms with van der Waals surface area (Å²) >= 11 is 0. The number of esters is 1. The number of nitro benzene ring substituents is 1. The molecular weight excluding hydrogens is 274 g/mol. The average molecular weight is 287 g/mol. The number of nitrogens with zero attached hydrogens (tertiary/aromatic N) is 1. The summed E-state index contributed by atoms with van der Waals surface area (Å²) in [4.78, 5) is 21.8. The predicted octanol–water partition coefficient (Wildman–Crippen LogP) is 2.72. The quantitative estimate of drug-likeness (QED) is 0.463. The maximum Gasteiger partial charge on any atom is 0.344 e. The van der Waals surface area contributed by atoms with E-state index in [1.165, 1.54) is 18.2 Å². The lowest BCUT2D eigenvalue weighted by Crippen LogP contribution is -2.15. The van der Waals surface area contributed by atoms with Crippen molar-refractivity contribution in [2.45, 2.75) is 6.61 Å². The van der Waals surface area contributed by atoms with Crippen molar-refractivity contribution in [2.75, 3.05) is 6.61 Å². The maximum atomic E-state index is 11.6. The highest BCUT2D eigenvalue weighted by Gasteiger charge is 2.15. The molecule has 0 bridgehead atoms. The SMILES string of the molecule is O=C(COc1ccccc1[N+](=O)[O-])OCc1ccccc1. The second kappa shape index (κ2) is 7.04. The van der Waals surface area contributed by atoms with Crippen LogP contribution in [0.4, 0.5) is 5.69 Å². The fourth-order valence-electron chi connectivity index (χ4n) is 1.65. The van der Waals surface area contributed by atoms with Crippen molar-refractivity contribution in [3.05, 3.63) is 70.3 Å². The lowest BCUT2D eigenvalue weighted by Gasteiger charge is -2.07. The van der Waals surface area contributed by atoms with E-state index in [0.29, 0.717) is 0 Å². The number of para-hydroxylation sites is 2. The zero-order chi connectivity index (χ0) is 15.1. The normalized spacial score (nSPS) is 9.90. The Bertz CT molecular complexity index is 627. The summed E-state index contributed by atoms with van der Waals surface area (Å²) in [5.74, 6) is -0.545. The highest BCUT2D eigenvalue weighted by atomic mass is 16.6. The van der Waals surface area contributed by atoms with E-state index in [2.05, 4.69) is 0 Å². The van der Waals surface area contributed by atoms with Crippen LogP contribution < -0.4 is 4.74 Å². The first kappa shape index (κ1) is 14.5. The summed E-state index contributed by atoms with van der Waals surface area (Å²) < 4.78 is 10.1. The van der Waals surface area contributed by atoms with Gasteiger partial charge in [-0.3, -0.25) is 10.1 Å². The molecule has 6 heteroatoms. The molecule has 0 fully saturated rings. The Morgan fingerprint density at radius 1 is 1.05 bits per heavy atom. The molecule has 21 heavy (non-hydrogen) atoms. The molecule has 0 aromatic heterocycles. The van der Waals surface area contributed by atoms with Crippen molar-refractivity contribution in [1.82, 2.24) is 0 Å². The van der Waals surface area contributed by atoms with E-state index >= 15 is 0 Å². The second-order valence-corrected chi connectivity index (χ2v) is 4.16. The van der Waals surface area contributed by atoms with Gasteiger partial charge in [-0.1, -0.05) is 42.5 Å². The molecule has 0 saturated carbocycles. The number of nitro groups is 1. The average Bonchev–Trinajstić information content (AvgIpc) is 2.52. The second-order valence-electron chi connectivity index (χ2n) is 4.16. The van der Waals surface area contributed by atoms with Crippen LogP contribution in [0.3, 0.4) is 0 Å². The molecule has 2 aromatic rings. The number of rotatable bonds is 6. The number of benzene rings is 2. The third-order valence-electron chi connectivity index (χ3n) is 2.65. The highest BCUT2D eigenvalue weighted by Crippen LogP contribution is 2.25. The molecule has 0 saturated heterocycles. The summed E-state index contributed by atoms with van der Waals surface area (Å²) in [5.41, 5.74) is 0.671. The van der Waals surface area contributed by atoms with Crippen molar-refractivity contribution in [2.24, 2.45) is 0 Å². The molecule has 108 valence electrons. The van der Waals surface area contributed by atoms with Gasteiger partial charge in [0.15, 0.2) is 12.4 Å². The first-order valence-electron chi connectivity index (χ1n) is 6.22. The van der Waals surface area contributed by atoms with Gasteiger partial charge in [-0.15, -0.1) is 0 Å². The van der Waals surface area contributed by atoms with Gasteiger partial charge >= 0.3 is 11.7 Å². The molecule has 0 unspecified atom stereocenters. The topological polar surface area (TPSA) is 78.7 Å². The summed E-state index contributed by atoms with van der Waals surface area (Å²) in [5, 5.41) is 10.8. The molecule has 0 radical (unpaired) electrons. The van der Waals surface area contributed by atoms with Crippen LogP contribution in [0.2, 0.25) is 0 Å². The molecule has 0 aliphatic heterocycles. The lowest BCUT2D eigenvalue weighted by atomic mass is 10.2. The monoisotopic (exact) mass is 287 g/mol. The van der Waals surface area contributed by atoms with Gasteiger partial charge in [0.25, 0.3) is 0 Å². The van der Waals surface area contributed by atoms with Crippen LogP contribution in [-0.2, 0) is 16.1 Å². The van der Waals surface area contributed by atoms with Gasteiger partial charge in [0.05, 0.1) is 4.92 Å². The van der Waals surface area contributed by atoms with Gasteiger partial charge in [-0.05, 0) is 11.6 Å². The van der Waals surface area contributed by atoms with Gasteiger partial charge in [0.1, 0.15) is 6.61 Å². The molecular formula is C15H13NO5. The minimum absolute atomic E-state index is 0.0409. The zero-order valence-corrected chi connectivity index (χ0v) is 11.1. The minimum Gasteiger partial charge on any atom is -0.475 e. The van der Waals surface area contributed by atoms with E-state index in [1.807, 2.05) is 30.3 Å². The first-order valence-corrected chi connectivity index (χ1v) is 6.22. The third-order valence-corrected chi connectivity index (χ3v) is 2.65. The Hall–Kier alpha value is -2.89. The number of carbonyl (C=O) groups is 1. The Morgan fingerprint density at radius 2 is 1.71 bits per heavy atom. The first-order chi connectivity index (χ1) is 10.2. The molecule has 0 N–H and O–H groups in total. The smallest absolute Gasteiger partial charge is 0.344 e. The Kier molecular flexibility index (Phi) is 4.87. The number of hydrogen-bond acceptors (Lipinski definition) is 5. The van der Waals surface area contributed by atoms with Gasteiger partial charge in [-0.25, -0.2) is 4.79 Å². The fourth-order valence-corrected chi connectivity index (χ4v) is 1.65. The highest BCUT2D eigenvalue weighted by molar-refractivity contribution is 5.71. The summed E-state index contributed by atoms with van der Waals surface area (Å²) in [6, 6.07) is 15.1. The van der Waals surface area contributed by atoms with Crippen molar-refractivity contribution >= 4 is 11.7 Å². The Morgan fingerprint density at radius 3 is 2.43 bits per heavy atom. The summed E-state index contributed by atoms with van der Waals surface area (Å²) in [7, 11) is 0. The van der Waals surface area contributed by atoms with Gasteiger partial charge in [0, 0.05) is 6.07 Å². The third kappa shape index (κ3) is 4.31. The largest absolute Gasteiger partial charge is 0.475 e. The van der Waals surface area contributed by atoms with E-state index < -0.39 is 10.9 Å². The molecule has 2 aromatic carbocycles. The minimum atomic E-state index is -0.586. The number of ether oxygens (including phenoxy) is 2. The summed E-state index contributed by atoms with van der Waals surface area (Å²) in [6.07, 6.45) is 0. The van der Waals surface area contributed by atoms with E-state index in [4.69, 9.17) is 9.47 Å². The van der Waals surface area contributed by atoms with Crippen LogP contribution in [0, 0.1) is 10.1 Å². The van der Waals surface area contributed by atoms with Crippen molar-refractivity contribution in [1.29, 1.82) is 0 Å². The Labute approximate surface area is 121 Å². The van der Waals surface area contributed by atoms with Crippen LogP contribution >= 0.6 is 0 Å². The molecule has 6 nitrogen and oxygen atoms in total. The van der Waals surface area contributed by atoms with Crippen LogP contribution in [0.5, 0.6) is 5.75 Å². The van der Waals surface area contributed by atoms with E-state index in [0.717, 1.165) is 5.56 Å². The van der Waals surface area contributed by atoms with Crippen LogP contribution in [0.25, 0.3) is 0 Å². The van der Waals surface area contributed by atoms with Crippen molar-refractivity contribution < 1.29 is 19.2 Å². The van der Waals surface area contributed by atoms with Gasteiger partial charge in [-0.2, -0.15) is 0 Å². The van der Waals surface area contributed by atoms with Gasteiger partial charge < -0.3 is 9.47 Å². The molecule has 2 rings (SSSR count). The summed E-state index contributed by atoms with van der Waals surface area (Å²) in [6.45, 7) is -0.238. The van der Waals surface area contributed by atoms with Crippen molar-refractivity contribution in [3.8, 4) is 5.75 Å². The van der Waals surface area contributed by atoms with Crippen LogP contribution in [-0.4, -0.2) is 17.5 Å². The van der Waals surface area contributed by atoms with Crippen LogP contribution in [0.1, 0.15) is 5.56 Å². The maximum absolute atomic E-state index is 11.6. The molecule has 0 atom stereocenters. The van der Waals surface area contributed by atoms with E-state index in [9.17, 15) is 14.9 Å². The van der Waals surface area contributed by atoms with Gasteiger partial charge in [0.2, 0.25) is 0 Å². The van der Waals surface area contributed by atoms with Crippen LogP contribution in [0.15, 0.2) is 54.6 Å². The molecule has 0 aliphatic carbocycles.